The Morgan fingerprint density at radius 3 is 2.29 bits per heavy atom. The lowest BCUT2D eigenvalue weighted by molar-refractivity contribution is -0.125. The van der Waals surface area contributed by atoms with Crippen molar-refractivity contribution in [1.29, 1.82) is 5.26 Å². The summed E-state index contributed by atoms with van der Waals surface area (Å²) < 4.78 is 31.6. The second kappa shape index (κ2) is 7.34. The molecule has 8 heteroatoms. The van der Waals surface area contributed by atoms with Crippen LogP contribution in [0.4, 0.5) is 0 Å². The number of nitriles is 1. The van der Waals surface area contributed by atoms with Crippen LogP contribution < -0.4 is 9.46 Å². The van der Waals surface area contributed by atoms with E-state index >= 15 is 0 Å². The monoisotopic (exact) mass is 364 g/mol. The first kappa shape index (κ1) is 17.8. The van der Waals surface area contributed by atoms with Gasteiger partial charge >= 0.3 is 0 Å². The minimum Gasteiger partial charge on any atom is -0.481 e. The lowest BCUT2D eigenvalue weighted by atomic mass is 10.2. The van der Waals surface area contributed by atoms with Crippen molar-refractivity contribution in [2.45, 2.75) is 17.9 Å². The van der Waals surface area contributed by atoms with Crippen molar-refractivity contribution < 1.29 is 17.9 Å². The van der Waals surface area contributed by atoms with Crippen LogP contribution in [-0.4, -0.2) is 20.4 Å². The summed E-state index contributed by atoms with van der Waals surface area (Å²) in [5.74, 6) is -0.463. The van der Waals surface area contributed by atoms with Gasteiger partial charge in [0.05, 0.1) is 16.5 Å². The zero-order valence-corrected chi connectivity index (χ0v) is 14.1. The third-order valence-electron chi connectivity index (χ3n) is 3.02. The highest BCUT2D eigenvalue weighted by Crippen LogP contribution is 2.16. The molecule has 1 atom stereocenters. The van der Waals surface area contributed by atoms with Crippen LogP contribution in [-0.2, 0) is 14.8 Å². The molecule has 0 spiro atoms. The number of nitrogens with zero attached hydrogens (tertiary/aromatic N) is 1. The summed E-state index contributed by atoms with van der Waals surface area (Å²) in [5.41, 5.74) is 0.449. The molecule has 1 N–H and O–H groups in total. The first-order chi connectivity index (χ1) is 11.3. The zero-order valence-electron chi connectivity index (χ0n) is 12.6. The van der Waals surface area contributed by atoms with Gasteiger partial charge in [0.2, 0.25) is 0 Å². The van der Waals surface area contributed by atoms with Gasteiger partial charge < -0.3 is 4.74 Å². The van der Waals surface area contributed by atoms with Crippen molar-refractivity contribution in [3.05, 3.63) is 59.1 Å². The summed E-state index contributed by atoms with van der Waals surface area (Å²) in [6.07, 6.45) is -1.04. The lowest BCUT2D eigenvalue weighted by Gasteiger charge is -2.15. The molecule has 24 heavy (non-hydrogen) atoms. The maximum atomic E-state index is 12.1. The molecule has 0 saturated carbocycles. The van der Waals surface area contributed by atoms with Crippen molar-refractivity contribution in [2.24, 2.45) is 0 Å². The van der Waals surface area contributed by atoms with E-state index in [1.807, 2.05) is 10.8 Å². The molecule has 0 unspecified atom stereocenters. The maximum Gasteiger partial charge on any atom is 0.274 e. The number of hydrogen-bond acceptors (Lipinski definition) is 5. The number of amides is 1. The van der Waals surface area contributed by atoms with Crippen LogP contribution in [0, 0.1) is 11.3 Å². The summed E-state index contributed by atoms with van der Waals surface area (Å²) >= 11 is 5.71. The molecule has 1 amide bonds. The molecule has 2 rings (SSSR count). The first-order valence-corrected chi connectivity index (χ1v) is 8.67. The van der Waals surface area contributed by atoms with Crippen LogP contribution in [0.1, 0.15) is 12.5 Å². The summed E-state index contributed by atoms with van der Waals surface area (Å²) in [5, 5.41) is 9.11. The number of carbonyl (C=O) groups excluding carboxylic acids is 1. The van der Waals surface area contributed by atoms with Crippen LogP contribution in [0.2, 0.25) is 5.02 Å². The van der Waals surface area contributed by atoms with E-state index in [4.69, 9.17) is 21.6 Å². The van der Waals surface area contributed by atoms with Gasteiger partial charge in [-0.05, 0) is 55.5 Å². The Morgan fingerprint density at radius 1 is 1.17 bits per heavy atom. The van der Waals surface area contributed by atoms with Gasteiger partial charge in [0, 0.05) is 5.02 Å². The van der Waals surface area contributed by atoms with E-state index in [1.54, 1.807) is 0 Å². The van der Waals surface area contributed by atoms with Crippen LogP contribution in [0.5, 0.6) is 5.75 Å². The molecule has 6 nitrogen and oxygen atoms in total. The molecule has 0 aliphatic rings. The van der Waals surface area contributed by atoms with E-state index in [0.29, 0.717) is 16.3 Å². The van der Waals surface area contributed by atoms with Gasteiger partial charge in [0.15, 0.2) is 6.10 Å². The number of benzene rings is 2. The number of rotatable bonds is 5. The first-order valence-electron chi connectivity index (χ1n) is 6.81. The van der Waals surface area contributed by atoms with E-state index in [0.717, 1.165) is 0 Å². The topological polar surface area (TPSA) is 96.3 Å². The van der Waals surface area contributed by atoms with Gasteiger partial charge in [-0.3, -0.25) is 4.79 Å². The Hall–Kier alpha value is -2.56. The average Bonchev–Trinajstić information content (AvgIpc) is 2.55. The minimum atomic E-state index is -4.01. The van der Waals surface area contributed by atoms with Crippen LogP contribution in [0.25, 0.3) is 0 Å². The molecule has 0 bridgehead atoms. The SMILES string of the molecule is C[C@H](Oc1ccc(C#N)cc1)C(=O)NS(=O)(=O)c1ccc(Cl)cc1. The van der Waals surface area contributed by atoms with E-state index in [2.05, 4.69) is 0 Å². The van der Waals surface area contributed by atoms with Crippen molar-refractivity contribution in [3.63, 3.8) is 0 Å². The van der Waals surface area contributed by atoms with Crippen LogP contribution in [0.3, 0.4) is 0 Å². The summed E-state index contributed by atoms with van der Waals surface area (Å²) in [6, 6.07) is 13.5. The Bertz CT molecular complexity index is 872. The molecule has 0 aliphatic carbocycles. The van der Waals surface area contributed by atoms with Gasteiger partial charge in [-0.15, -0.1) is 0 Å². The summed E-state index contributed by atoms with van der Waals surface area (Å²) in [4.78, 5) is 12.0. The van der Waals surface area contributed by atoms with E-state index < -0.39 is 22.0 Å². The molecule has 0 fully saturated rings. The fourth-order valence-corrected chi connectivity index (χ4v) is 2.92. The standard InChI is InChI=1S/C16H13ClN2O4S/c1-11(23-14-6-2-12(10-18)3-7-14)16(20)19-24(21,22)15-8-4-13(17)5-9-15/h2-9,11H,1H3,(H,19,20)/t11-/m0/s1. The minimum absolute atomic E-state index is 0.0779. The van der Waals surface area contributed by atoms with Gasteiger partial charge in [-0.25, -0.2) is 13.1 Å². The molecule has 2 aromatic carbocycles. The molecule has 0 radical (unpaired) electrons. The van der Waals surface area contributed by atoms with Gasteiger partial charge in [0.1, 0.15) is 5.75 Å². The van der Waals surface area contributed by atoms with Crippen molar-refractivity contribution in [1.82, 2.24) is 4.72 Å². The highest BCUT2D eigenvalue weighted by Gasteiger charge is 2.22. The largest absolute Gasteiger partial charge is 0.481 e. The van der Waals surface area contributed by atoms with Crippen molar-refractivity contribution >= 4 is 27.5 Å². The summed E-state index contributed by atoms with van der Waals surface area (Å²) in [6.45, 7) is 1.42. The smallest absolute Gasteiger partial charge is 0.274 e. The molecule has 0 aliphatic heterocycles. The van der Waals surface area contributed by atoms with Crippen LogP contribution in [0.15, 0.2) is 53.4 Å². The summed E-state index contributed by atoms with van der Waals surface area (Å²) in [7, 11) is -4.01. The molecular formula is C16H13ClN2O4S. The Balaban J connectivity index is 2.05. The highest BCUT2D eigenvalue weighted by atomic mass is 35.5. The maximum absolute atomic E-state index is 12.1. The zero-order chi connectivity index (χ0) is 17.7. The van der Waals surface area contributed by atoms with Crippen molar-refractivity contribution in [3.8, 4) is 11.8 Å². The Morgan fingerprint density at radius 2 is 1.75 bits per heavy atom. The second-order valence-corrected chi connectivity index (χ2v) is 6.94. The van der Waals surface area contributed by atoms with Gasteiger partial charge in [0.25, 0.3) is 15.9 Å². The van der Waals surface area contributed by atoms with Gasteiger partial charge in [-0.2, -0.15) is 5.26 Å². The number of carbonyl (C=O) groups is 1. The number of sulfonamides is 1. The van der Waals surface area contributed by atoms with E-state index in [1.165, 1.54) is 55.5 Å². The molecule has 124 valence electrons. The highest BCUT2D eigenvalue weighted by molar-refractivity contribution is 7.90. The number of ether oxygens (including phenoxy) is 1. The predicted molar refractivity (Wildman–Crippen MR) is 88.0 cm³/mol. The Labute approximate surface area is 144 Å². The lowest BCUT2D eigenvalue weighted by Crippen LogP contribution is -2.39. The van der Waals surface area contributed by atoms with E-state index in [-0.39, 0.29) is 4.90 Å². The predicted octanol–water partition coefficient (Wildman–Crippen LogP) is 2.48. The normalized spacial score (nSPS) is 12.0. The second-order valence-electron chi connectivity index (χ2n) is 4.82. The molecule has 2 aromatic rings. The van der Waals surface area contributed by atoms with Gasteiger partial charge in [-0.1, -0.05) is 11.6 Å². The fourth-order valence-electron chi connectivity index (χ4n) is 1.75. The third-order valence-corrected chi connectivity index (χ3v) is 4.64. The fraction of sp³-hybridized carbons (Fsp3) is 0.125. The molecule has 0 saturated heterocycles. The molecular weight excluding hydrogens is 352 g/mol. The molecule has 0 heterocycles. The third kappa shape index (κ3) is 4.47. The van der Waals surface area contributed by atoms with E-state index in [9.17, 15) is 13.2 Å². The van der Waals surface area contributed by atoms with Crippen LogP contribution >= 0.6 is 11.6 Å². The average molecular weight is 365 g/mol. The van der Waals surface area contributed by atoms with Crippen molar-refractivity contribution in [2.75, 3.05) is 0 Å². The molecule has 0 aromatic heterocycles. The number of hydrogen-bond donors (Lipinski definition) is 1. The number of halogens is 1. The number of nitrogens with one attached hydrogen (secondary N) is 1. The Kier molecular flexibility index (Phi) is 5.44. The quantitative estimate of drug-likeness (QED) is 0.879.